The first-order chi connectivity index (χ1) is 7.61. The fourth-order valence-electron chi connectivity index (χ4n) is 1.49. The van der Waals surface area contributed by atoms with E-state index in [1.54, 1.807) is 0 Å². The number of aryl methyl sites for hydroxylation is 1. The molecule has 0 fully saturated rings. The summed E-state index contributed by atoms with van der Waals surface area (Å²) in [6.45, 7) is 8.04. The molecule has 0 saturated heterocycles. The van der Waals surface area contributed by atoms with E-state index >= 15 is 0 Å². The molecule has 0 saturated carbocycles. The maximum absolute atomic E-state index is 5.51. The van der Waals surface area contributed by atoms with Gasteiger partial charge in [-0.2, -0.15) is 0 Å². The first-order valence-electron chi connectivity index (χ1n) is 5.42. The van der Waals surface area contributed by atoms with Gasteiger partial charge in [0.1, 0.15) is 0 Å². The summed E-state index contributed by atoms with van der Waals surface area (Å²) in [5.74, 6) is 6.48. The van der Waals surface area contributed by atoms with Gasteiger partial charge in [-0.05, 0) is 32.4 Å². The summed E-state index contributed by atoms with van der Waals surface area (Å²) >= 11 is 1.83. The average Bonchev–Trinajstić information content (AvgIpc) is 2.24. The summed E-state index contributed by atoms with van der Waals surface area (Å²) in [5, 5.41) is 0. The van der Waals surface area contributed by atoms with Crippen molar-refractivity contribution in [1.82, 2.24) is 5.43 Å². The van der Waals surface area contributed by atoms with Gasteiger partial charge in [-0.25, -0.2) is 0 Å². The number of hydrazine groups is 1. The number of nitrogens with one attached hydrogen (secondary N) is 1. The summed E-state index contributed by atoms with van der Waals surface area (Å²) in [6.07, 6.45) is 0.926. The molecule has 0 aliphatic heterocycles. The van der Waals surface area contributed by atoms with Crippen molar-refractivity contribution in [1.29, 1.82) is 0 Å². The van der Waals surface area contributed by atoms with Gasteiger partial charge >= 0.3 is 0 Å². The van der Waals surface area contributed by atoms with Gasteiger partial charge in [-0.3, -0.25) is 11.3 Å². The largest absolute Gasteiger partial charge is 0.271 e. The molecule has 1 atom stereocenters. The Balaban J connectivity index is 2.46. The zero-order valence-corrected chi connectivity index (χ0v) is 10.8. The Hall–Kier alpha value is -0.770. The molecule has 0 amide bonds. The molecule has 2 nitrogen and oxygen atoms in total. The molecule has 0 aromatic heterocycles. The highest BCUT2D eigenvalue weighted by molar-refractivity contribution is 7.99. The third kappa shape index (κ3) is 4.84. The molecule has 0 aliphatic carbocycles. The molecule has 16 heavy (non-hydrogen) atoms. The highest BCUT2D eigenvalue weighted by atomic mass is 32.2. The first-order valence-corrected chi connectivity index (χ1v) is 6.40. The molecule has 3 N–H and O–H groups in total. The van der Waals surface area contributed by atoms with E-state index in [0.717, 1.165) is 17.7 Å². The van der Waals surface area contributed by atoms with E-state index in [9.17, 15) is 0 Å². The maximum atomic E-state index is 5.51. The quantitative estimate of drug-likeness (QED) is 0.345. The van der Waals surface area contributed by atoms with Gasteiger partial charge in [0.25, 0.3) is 0 Å². The Morgan fingerprint density at radius 1 is 1.56 bits per heavy atom. The molecule has 3 heteroatoms. The lowest BCUT2D eigenvalue weighted by Gasteiger charge is -2.15. The topological polar surface area (TPSA) is 38.0 Å². The minimum absolute atomic E-state index is 0.294. The van der Waals surface area contributed by atoms with Crippen LogP contribution in [-0.2, 0) is 0 Å². The van der Waals surface area contributed by atoms with Crippen LogP contribution in [0.3, 0.4) is 0 Å². The Bertz CT molecular complexity index is 350. The maximum Gasteiger partial charge on any atom is 0.0341 e. The van der Waals surface area contributed by atoms with Crippen molar-refractivity contribution >= 4 is 11.8 Å². The van der Waals surface area contributed by atoms with Gasteiger partial charge in [0.2, 0.25) is 0 Å². The molecule has 1 aromatic carbocycles. The second-order valence-electron chi connectivity index (χ2n) is 4.15. The zero-order chi connectivity index (χ0) is 12.0. The first kappa shape index (κ1) is 13.3. The molecule has 1 rings (SSSR count). The number of thioether (sulfide) groups is 1. The zero-order valence-electron chi connectivity index (χ0n) is 9.99. The fraction of sp³-hybridized carbons (Fsp3) is 0.385. The number of hydrogen-bond donors (Lipinski definition) is 2. The third-order valence-corrected chi connectivity index (χ3v) is 3.43. The van der Waals surface area contributed by atoms with Gasteiger partial charge < -0.3 is 0 Å². The van der Waals surface area contributed by atoms with Crippen LogP contribution in [-0.4, -0.2) is 11.8 Å². The second kappa shape index (κ2) is 6.74. The highest BCUT2D eigenvalue weighted by Crippen LogP contribution is 2.21. The van der Waals surface area contributed by atoms with Gasteiger partial charge in [-0.15, -0.1) is 18.3 Å². The smallest absolute Gasteiger partial charge is 0.0341 e. The molecule has 0 bridgehead atoms. The Kier molecular flexibility index (Phi) is 5.60. The molecule has 0 spiro atoms. The van der Waals surface area contributed by atoms with Gasteiger partial charge in [0.05, 0.1) is 0 Å². The Morgan fingerprint density at radius 3 is 2.88 bits per heavy atom. The van der Waals surface area contributed by atoms with Gasteiger partial charge in [-0.1, -0.05) is 23.3 Å². The summed E-state index contributed by atoms with van der Waals surface area (Å²) in [7, 11) is 0. The minimum atomic E-state index is 0.294. The van der Waals surface area contributed by atoms with E-state index in [0.29, 0.717) is 6.04 Å². The molecule has 0 aliphatic rings. The third-order valence-electron chi connectivity index (χ3n) is 2.27. The van der Waals surface area contributed by atoms with Crippen LogP contribution in [0.5, 0.6) is 0 Å². The van der Waals surface area contributed by atoms with Crippen LogP contribution < -0.4 is 11.3 Å². The van der Waals surface area contributed by atoms with Crippen LogP contribution in [0.25, 0.3) is 0 Å². The number of rotatable bonds is 6. The molecular formula is C13H20N2S. The van der Waals surface area contributed by atoms with E-state index in [-0.39, 0.29) is 0 Å². The van der Waals surface area contributed by atoms with E-state index in [1.165, 1.54) is 10.5 Å². The van der Waals surface area contributed by atoms with Gasteiger partial charge in [0.15, 0.2) is 0 Å². The van der Waals surface area contributed by atoms with Crippen molar-refractivity contribution in [3.8, 4) is 0 Å². The van der Waals surface area contributed by atoms with Crippen LogP contribution in [0.4, 0.5) is 0 Å². The van der Waals surface area contributed by atoms with E-state index in [4.69, 9.17) is 5.84 Å². The second-order valence-corrected chi connectivity index (χ2v) is 5.25. The average molecular weight is 236 g/mol. The van der Waals surface area contributed by atoms with Crippen LogP contribution in [0.1, 0.15) is 18.9 Å². The van der Waals surface area contributed by atoms with Crippen molar-refractivity contribution in [2.75, 3.05) is 5.75 Å². The van der Waals surface area contributed by atoms with Crippen molar-refractivity contribution in [3.05, 3.63) is 42.0 Å². The van der Waals surface area contributed by atoms with E-state index < -0.39 is 0 Å². The predicted molar refractivity (Wildman–Crippen MR) is 72.4 cm³/mol. The van der Waals surface area contributed by atoms with Crippen LogP contribution in [0.15, 0.2) is 41.3 Å². The summed E-state index contributed by atoms with van der Waals surface area (Å²) in [6, 6.07) is 8.81. The van der Waals surface area contributed by atoms with Crippen LogP contribution in [0, 0.1) is 6.92 Å². The van der Waals surface area contributed by atoms with Crippen molar-refractivity contribution in [2.24, 2.45) is 5.84 Å². The van der Waals surface area contributed by atoms with Crippen LogP contribution in [0.2, 0.25) is 0 Å². The fourth-order valence-corrected chi connectivity index (χ4v) is 2.54. The van der Waals surface area contributed by atoms with Crippen molar-refractivity contribution in [2.45, 2.75) is 31.2 Å². The lowest BCUT2D eigenvalue weighted by molar-refractivity contribution is 0.574. The molecule has 1 unspecified atom stereocenters. The minimum Gasteiger partial charge on any atom is -0.271 e. The number of hydrogen-bond acceptors (Lipinski definition) is 3. The highest BCUT2D eigenvalue weighted by Gasteiger charge is 2.07. The lowest BCUT2D eigenvalue weighted by Crippen LogP contribution is -2.37. The van der Waals surface area contributed by atoms with Crippen LogP contribution >= 0.6 is 11.8 Å². The molecule has 88 valence electrons. The Morgan fingerprint density at radius 2 is 2.31 bits per heavy atom. The number of nitrogens with two attached hydrogens (primary N) is 1. The normalized spacial score (nSPS) is 12.4. The van der Waals surface area contributed by atoms with E-state index in [2.05, 4.69) is 43.2 Å². The molecular weight excluding hydrogens is 216 g/mol. The monoisotopic (exact) mass is 236 g/mol. The number of benzene rings is 1. The SMILES string of the molecule is C=C(C)CC(CSc1cccc(C)c1)NN. The summed E-state index contributed by atoms with van der Waals surface area (Å²) < 4.78 is 0. The van der Waals surface area contributed by atoms with Crippen molar-refractivity contribution in [3.63, 3.8) is 0 Å². The summed E-state index contributed by atoms with van der Waals surface area (Å²) in [4.78, 5) is 1.29. The summed E-state index contributed by atoms with van der Waals surface area (Å²) in [5.41, 5.74) is 5.29. The standard InChI is InChI=1S/C13H20N2S/c1-10(2)7-12(15-14)9-16-13-6-4-5-11(3)8-13/h4-6,8,12,15H,1,7,9,14H2,2-3H3. The lowest BCUT2D eigenvalue weighted by atomic mass is 10.1. The van der Waals surface area contributed by atoms with Gasteiger partial charge in [0, 0.05) is 16.7 Å². The van der Waals surface area contributed by atoms with Crippen molar-refractivity contribution < 1.29 is 0 Å². The molecule has 1 aromatic rings. The van der Waals surface area contributed by atoms with E-state index in [1.807, 2.05) is 18.7 Å². The molecule has 0 heterocycles. The predicted octanol–water partition coefficient (Wildman–Crippen LogP) is 2.89. The Labute approximate surface area is 102 Å². The molecule has 0 radical (unpaired) electrons.